The molecule has 0 saturated carbocycles. The zero-order chi connectivity index (χ0) is 9.97. The fourth-order valence-electron chi connectivity index (χ4n) is 1.25. The molecule has 2 heterocycles. The predicted octanol–water partition coefficient (Wildman–Crippen LogP) is 1.52. The molecule has 0 aromatic carbocycles. The van der Waals surface area contributed by atoms with Crippen molar-refractivity contribution in [2.24, 2.45) is 0 Å². The van der Waals surface area contributed by atoms with E-state index in [1.165, 1.54) is 0 Å². The Labute approximate surface area is 81.6 Å². The van der Waals surface area contributed by atoms with Gasteiger partial charge in [0.05, 0.1) is 17.5 Å². The average molecular weight is 189 g/mol. The van der Waals surface area contributed by atoms with Crippen LogP contribution in [0.1, 0.15) is 18.6 Å². The first-order chi connectivity index (χ1) is 6.77. The Hall–Kier alpha value is -1.68. The van der Waals surface area contributed by atoms with Crippen molar-refractivity contribution in [3.8, 4) is 11.4 Å². The third-order valence-corrected chi connectivity index (χ3v) is 2.04. The van der Waals surface area contributed by atoms with E-state index in [1.807, 2.05) is 12.1 Å². The maximum absolute atomic E-state index is 9.39. The number of aromatic amines is 1. The zero-order valence-electron chi connectivity index (χ0n) is 7.81. The average Bonchev–Trinajstić information content (AvgIpc) is 2.71. The normalized spacial score (nSPS) is 12.7. The van der Waals surface area contributed by atoms with Crippen molar-refractivity contribution in [2.75, 3.05) is 0 Å². The topological polar surface area (TPSA) is 61.8 Å². The molecular formula is C10H11N3O. The molecule has 0 saturated heterocycles. The molecule has 2 N–H and O–H groups in total. The Morgan fingerprint density at radius 1 is 1.36 bits per heavy atom. The number of rotatable bonds is 2. The van der Waals surface area contributed by atoms with E-state index in [0.29, 0.717) is 0 Å². The molecule has 2 aromatic heterocycles. The molecule has 0 spiro atoms. The monoisotopic (exact) mass is 189 g/mol. The third kappa shape index (κ3) is 1.65. The molecule has 0 bridgehead atoms. The van der Waals surface area contributed by atoms with Crippen molar-refractivity contribution in [3.63, 3.8) is 0 Å². The number of aliphatic hydroxyl groups is 1. The van der Waals surface area contributed by atoms with Crippen LogP contribution in [0.4, 0.5) is 0 Å². The number of pyridine rings is 1. The highest BCUT2D eigenvalue weighted by Gasteiger charge is 2.04. The van der Waals surface area contributed by atoms with Gasteiger partial charge in [-0.3, -0.25) is 10.1 Å². The predicted molar refractivity (Wildman–Crippen MR) is 52.5 cm³/mol. The second-order valence-electron chi connectivity index (χ2n) is 3.12. The molecule has 0 aliphatic heterocycles. The Morgan fingerprint density at radius 3 is 2.86 bits per heavy atom. The summed E-state index contributed by atoms with van der Waals surface area (Å²) >= 11 is 0. The lowest BCUT2D eigenvalue weighted by Crippen LogP contribution is -1.93. The molecule has 1 unspecified atom stereocenters. The number of hydrogen-bond donors (Lipinski definition) is 2. The molecule has 0 radical (unpaired) electrons. The number of nitrogens with one attached hydrogen (secondary N) is 1. The third-order valence-electron chi connectivity index (χ3n) is 2.04. The molecule has 0 fully saturated rings. The Balaban J connectivity index is 2.41. The summed E-state index contributed by atoms with van der Waals surface area (Å²) in [4.78, 5) is 4.18. The van der Waals surface area contributed by atoms with E-state index in [2.05, 4.69) is 15.2 Å². The molecule has 14 heavy (non-hydrogen) atoms. The highest BCUT2D eigenvalue weighted by Crippen LogP contribution is 2.18. The molecular weight excluding hydrogens is 178 g/mol. The van der Waals surface area contributed by atoms with Crippen LogP contribution < -0.4 is 0 Å². The van der Waals surface area contributed by atoms with E-state index in [-0.39, 0.29) is 0 Å². The van der Waals surface area contributed by atoms with Gasteiger partial charge in [0.1, 0.15) is 0 Å². The lowest BCUT2D eigenvalue weighted by molar-refractivity contribution is 0.199. The van der Waals surface area contributed by atoms with Crippen LogP contribution in [-0.2, 0) is 0 Å². The van der Waals surface area contributed by atoms with Crippen molar-refractivity contribution in [1.29, 1.82) is 0 Å². The van der Waals surface area contributed by atoms with Gasteiger partial charge in [0.25, 0.3) is 0 Å². The molecule has 2 rings (SSSR count). The second kappa shape index (κ2) is 3.59. The summed E-state index contributed by atoms with van der Waals surface area (Å²) in [5.41, 5.74) is 2.50. The Morgan fingerprint density at radius 2 is 2.21 bits per heavy atom. The molecule has 2 aromatic rings. The van der Waals surface area contributed by atoms with Gasteiger partial charge in [-0.1, -0.05) is 0 Å². The smallest absolute Gasteiger partial charge is 0.0884 e. The maximum Gasteiger partial charge on any atom is 0.0884 e. The summed E-state index contributed by atoms with van der Waals surface area (Å²) in [6, 6.07) is 5.48. The summed E-state index contributed by atoms with van der Waals surface area (Å²) in [5.74, 6) is 0. The fraction of sp³-hybridized carbons (Fsp3) is 0.200. The molecule has 4 heteroatoms. The van der Waals surface area contributed by atoms with Crippen molar-refractivity contribution in [2.45, 2.75) is 13.0 Å². The second-order valence-corrected chi connectivity index (χ2v) is 3.12. The summed E-state index contributed by atoms with van der Waals surface area (Å²) in [6.45, 7) is 1.73. The van der Waals surface area contributed by atoms with E-state index in [4.69, 9.17) is 0 Å². The van der Waals surface area contributed by atoms with Crippen LogP contribution in [0.25, 0.3) is 11.4 Å². The summed E-state index contributed by atoms with van der Waals surface area (Å²) < 4.78 is 0. The van der Waals surface area contributed by atoms with Gasteiger partial charge >= 0.3 is 0 Å². The Bertz CT molecular complexity index is 409. The van der Waals surface area contributed by atoms with E-state index >= 15 is 0 Å². The van der Waals surface area contributed by atoms with Crippen LogP contribution in [-0.4, -0.2) is 20.3 Å². The van der Waals surface area contributed by atoms with Gasteiger partial charge in [-0.25, -0.2) is 0 Å². The summed E-state index contributed by atoms with van der Waals surface area (Å²) in [5, 5.41) is 16.1. The quantitative estimate of drug-likeness (QED) is 0.753. The van der Waals surface area contributed by atoms with Gasteiger partial charge in [-0.05, 0) is 30.7 Å². The van der Waals surface area contributed by atoms with Gasteiger partial charge in [-0.2, -0.15) is 5.10 Å². The van der Waals surface area contributed by atoms with Crippen LogP contribution in [0.5, 0.6) is 0 Å². The number of aromatic nitrogens is 3. The van der Waals surface area contributed by atoms with Crippen molar-refractivity contribution < 1.29 is 5.11 Å². The Kier molecular flexibility index (Phi) is 2.28. The largest absolute Gasteiger partial charge is 0.389 e. The first-order valence-corrected chi connectivity index (χ1v) is 4.41. The zero-order valence-corrected chi connectivity index (χ0v) is 7.81. The molecule has 1 atom stereocenters. The van der Waals surface area contributed by atoms with Gasteiger partial charge in [0.2, 0.25) is 0 Å². The summed E-state index contributed by atoms with van der Waals surface area (Å²) in [6.07, 6.45) is 2.88. The van der Waals surface area contributed by atoms with Crippen LogP contribution in [0, 0.1) is 0 Å². The van der Waals surface area contributed by atoms with Crippen molar-refractivity contribution in [3.05, 3.63) is 36.2 Å². The molecule has 72 valence electrons. The van der Waals surface area contributed by atoms with E-state index < -0.39 is 6.10 Å². The molecule has 4 nitrogen and oxygen atoms in total. The van der Waals surface area contributed by atoms with Crippen LogP contribution in [0.15, 0.2) is 30.6 Å². The standard InChI is InChI=1S/C10H11N3O/c1-7(14)8-2-4-11-10(6-8)9-3-5-12-13-9/h2-7,14H,1H3,(H,12,13). The minimum atomic E-state index is -0.473. The van der Waals surface area contributed by atoms with Gasteiger partial charge < -0.3 is 5.11 Å². The van der Waals surface area contributed by atoms with Gasteiger partial charge in [0.15, 0.2) is 0 Å². The maximum atomic E-state index is 9.39. The number of aliphatic hydroxyl groups excluding tert-OH is 1. The van der Waals surface area contributed by atoms with Crippen molar-refractivity contribution in [1.82, 2.24) is 15.2 Å². The van der Waals surface area contributed by atoms with E-state index in [9.17, 15) is 5.11 Å². The first-order valence-electron chi connectivity index (χ1n) is 4.41. The first kappa shape index (κ1) is 8.90. The number of nitrogens with zero attached hydrogens (tertiary/aromatic N) is 2. The SMILES string of the molecule is CC(O)c1ccnc(-c2ccn[nH]2)c1. The molecule has 0 aliphatic carbocycles. The lowest BCUT2D eigenvalue weighted by atomic mass is 10.1. The van der Waals surface area contributed by atoms with Crippen LogP contribution in [0.3, 0.4) is 0 Å². The highest BCUT2D eigenvalue weighted by atomic mass is 16.3. The minimum Gasteiger partial charge on any atom is -0.389 e. The van der Waals surface area contributed by atoms with Crippen molar-refractivity contribution >= 4 is 0 Å². The minimum absolute atomic E-state index is 0.473. The lowest BCUT2D eigenvalue weighted by Gasteiger charge is -2.04. The number of H-pyrrole nitrogens is 1. The van der Waals surface area contributed by atoms with Crippen LogP contribution in [0.2, 0.25) is 0 Å². The van der Waals surface area contributed by atoms with Gasteiger partial charge in [-0.15, -0.1) is 0 Å². The summed E-state index contributed by atoms with van der Waals surface area (Å²) in [7, 11) is 0. The highest BCUT2D eigenvalue weighted by molar-refractivity contribution is 5.54. The van der Waals surface area contributed by atoms with E-state index in [0.717, 1.165) is 17.0 Å². The number of hydrogen-bond acceptors (Lipinski definition) is 3. The molecule has 0 aliphatic rings. The molecule has 0 amide bonds. The van der Waals surface area contributed by atoms with Gasteiger partial charge in [0, 0.05) is 12.4 Å². The van der Waals surface area contributed by atoms with Crippen LogP contribution >= 0.6 is 0 Å². The van der Waals surface area contributed by atoms with E-state index in [1.54, 1.807) is 25.4 Å². The fourth-order valence-corrected chi connectivity index (χ4v) is 1.25.